The molecule has 1 N–H and O–H groups in total. The van der Waals surface area contributed by atoms with Crippen molar-refractivity contribution in [1.29, 1.82) is 5.26 Å². The van der Waals surface area contributed by atoms with Gasteiger partial charge in [-0.05, 0) is 60.2 Å². The van der Waals surface area contributed by atoms with E-state index in [2.05, 4.69) is 16.3 Å². The quantitative estimate of drug-likeness (QED) is 0.546. The second kappa shape index (κ2) is 11.0. The van der Waals surface area contributed by atoms with E-state index in [1.54, 1.807) is 48.5 Å². The molecular formula is C26H24ClN3O3. The predicted molar refractivity (Wildman–Crippen MR) is 127 cm³/mol. The van der Waals surface area contributed by atoms with Gasteiger partial charge in [-0.1, -0.05) is 29.8 Å². The van der Waals surface area contributed by atoms with E-state index in [1.807, 2.05) is 24.3 Å². The molecule has 1 aliphatic rings. The van der Waals surface area contributed by atoms with Crippen LogP contribution in [0.4, 0.5) is 0 Å². The normalized spacial score (nSPS) is 14.8. The van der Waals surface area contributed by atoms with Crippen molar-refractivity contribution < 1.29 is 14.3 Å². The maximum absolute atomic E-state index is 12.9. The summed E-state index contributed by atoms with van der Waals surface area (Å²) in [4.78, 5) is 15.3. The van der Waals surface area contributed by atoms with Crippen LogP contribution >= 0.6 is 11.6 Å². The number of nitrogens with zero attached hydrogens (tertiary/aromatic N) is 2. The van der Waals surface area contributed by atoms with Gasteiger partial charge in [0.15, 0.2) is 0 Å². The van der Waals surface area contributed by atoms with Crippen LogP contribution in [0.5, 0.6) is 11.5 Å². The summed E-state index contributed by atoms with van der Waals surface area (Å²) >= 11 is 6.07. The summed E-state index contributed by atoms with van der Waals surface area (Å²) in [5.41, 5.74) is 2.17. The number of amides is 1. The second-order valence-electron chi connectivity index (χ2n) is 7.69. The standard InChI is InChI=1S/C26H24ClN3O3/c27-22-8-6-20(7-9-22)25(30-12-14-32-15-13-30)18-29-26(31)21-2-1-3-24(16-21)33-23-10-4-19(17-28)5-11-23/h1-11,16,25H,12-15,18H2,(H,29,31). The third-order valence-corrected chi connectivity index (χ3v) is 5.76. The molecule has 4 rings (SSSR count). The first kappa shape index (κ1) is 22.8. The van der Waals surface area contributed by atoms with Gasteiger partial charge in [0.05, 0.1) is 30.9 Å². The minimum absolute atomic E-state index is 0.0215. The molecule has 1 atom stereocenters. The van der Waals surface area contributed by atoms with E-state index < -0.39 is 0 Å². The number of nitrogens with one attached hydrogen (secondary N) is 1. The molecule has 1 saturated heterocycles. The van der Waals surface area contributed by atoms with Crippen LogP contribution in [0, 0.1) is 11.3 Å². The molecule has 0 saturated carbocycles. The van der Waals surface area contributed by atoms with Crippen LogP contribution in [0.1, 0.15) is 27.5 Å². The molecule has 1 heterocycles. The number of carbonyl (C=O) groups is 1. The molecule has 1 fully saturated rings. The molecule has 0 aromatic heterocycles. The Bertz CT molecular complexity index is 1120. The highest BCUT2D eigenvalue weighted by molar-refractivity contribution is 6.30. The van der Waals surface area contributed by atoms with E-state index in [-0.39, 0.29) is 11.9 Å². The molecule has 3 aromatic rings. The van der Waals surface area contributed by atoms with Crippen LogP contribution in [0.25, 0.3) is 0 Å². The lowest BCUT2D eigenvalue weighted by atomic mass is 10.0. The average Bonchev–Trinajstić information content (AvgIpc) is 2.86. The maximum atomic E-state index is 12.9. The molecule has 3 aromatic carbocycles. The van der Waals surface area contributed by atoms with Crippen LogP contribution in [-0.4, -0.2) is 43.7 Å². The molecule has 6 nitrogen and oxygen atoms in total. The minimum Gasteiger partial charge on any atom is -0.457 e. The van der Waals surface area contributed by atoms with Crippen molar-refractivity contribution in [1.82, 2.24) is 10.2 Å². The average molecular weight is 462 g/mol. The molecule has 33 heavy (non-hydrogen) atoms. The number of hydrogen-bond acceptors (Lipinski definition) is 5. The Morgan fingerprint density at radius 3 is 2.48 bits per heavy atom. The second-order valence-corrected chi connectivity index (χ2v) is 8.13. The number of rotatable bonds is 7. The zero-order valence-corrected chi connectivity index (χ0v) is 18.8. The number of nitriles is 1. The highest BCUT2D eigenvalue weighted by Crippen LogP contribution is 2.25. The first-order chi connectivity index (χ1) is 16.1. The van der Waals surface area contributed by atoms with E-state index in [0.717, 1.165) is 18.7 Å². The Morgan fingerprint density at radius 2 is 1.79 bits per heavy atom. The molecule has 1 aliphatic heterocycles. The molecule has 0 aliphatic carbocycles. The van der Waals surface area contributed by atoms with Crippen molar-refractivity contribution in [3.05, 3.63) is 94.5 Å². The van der Waals surface area contributed by atoms with Crippen LogP contribution in [0.2, 0.25) is 5.02 Å². The summed E-state index contributed by atoms with van der Waals surface area (Å²) in [6.45, 7) is 3.41. The zero-order chi connectivity index (χ0) is 23.0. The van der Waals surface area contributed by atoms with Gasteiger partial charge in [0, 0.05) is 30.2 Å². The fraction of sp³-hybridized carbons (Fsp3) is 0.231. The topological polar surface area (TPSA) is 74.6 Å². The summed E-state index contributed by atoms with van der Waals surface area (Å²) < 4.78 is 11.3. The van der Waals surface area contributed by atoms with Gasteiger partial charge in [0.2, 0.25) is 0 Å². The zero-order valence-electron chi connectivity index (χ0n) is 18.0. The molecule has 0 radical (unpaired) electrons. The molecule has 1 amide bonds. The summed E-state index contributed by atoms with van der Waals surface area (Å²) in [6.07, 6.45) is 0. The Kier molecular flexibility index (Phi) is 7.59. The van der Waals surface area contributed by atoms with Gasteiger partial charge in [0.25, 0.3) is 5.91 Å². The Labute approximate surface area is 198 Å². The molecule has 0 bridgehead atoms. The van der Waals surface area contributed by atoms with Crippen LogP contribution < -0.4 is 10.1 Å². The van der Waals surface area contributed by atoms with Crippen molar-refractivity contribution in [2.24, 2.45) is 0 Å². The summed E-state index contributed by atoms with van der Waals surface area (Å²) in [5, 5.41) is 12.7. The van der Waals surface area contributed by atoms with Crippen LogP contribution in [0.15, 0.2) is 72.8 Å². The van der Waals surface area contributed by atoms with Crippen LogP contribution in [-0.2, 0) is 4.74 Å². The molecule has 1 unspecified atom stereocenters. The van der Waals surface area contributed by atoms with Gasteiger partial charge in [-0.2, -0.15) is 5.26 Å². The van der Waals surface area contributed by atoms with E-state index in [9.17, 15) is 4.79 Å². The van der Waals surface area contributed by atoms with E-state index in [4.69, 9.17) is 26.3 Å². The lowest BCUT2D eigenvalue weighted by molar-refractivity contribution is 0.0162. The van der Waals surface area contributed by atoms with Crippen molar-refractivity contribution in [3.8, 4) is 17.6 Å². The Hall–Kier alpha value is -3.37. The van der Waals surface area contributed by atoms with Gasteiger partial charge in [-0.15, -0.1) is 0 Å². The minimum atomic E-state index is -0.174. The van der Waals surface area contributed by atoms with Gasteiger partial charge in [-0.25, -0.2) is 0 Å². The number of carbonyl (C=O) groups excluding carboxylic acids is 1. The summed E-state index contributed by atoms with van der Waals surface area (Å²) in [5.74, 6) is 0.976. The first-order valence-electron chi connectivity index (χ1n) is 10.8. The SMILES string of the molecule is N#Cc1ccc(Oc2cccc(C(=O)NCC(c3ccc(Cl)cc3)N3CCOCC3)c2)cc1. The lowest BCUT2D eigenvalue weighted by Crippen LogP contribution is -2.43. The number of hydrogen-bond donors (Lipinski definition) is 1. The number of halogens is 1. The van der Waals surface area contributed by atoms with Crippen molar-refractivity contribution in [3.63, 3.8) is 0 Å². The largest absolute Gasteiger partial charge is 0.457 e. The Morgan fingerprint density at radius 1 is 1.06 bits per heavy atom. The lowest BCUT2D eigenvalue weighted by Gasteiger charge is -2.35. The highest BCUT2D eigenvalue weighted by atomic mass is 35.5. The van der Waals surface area contributed by atoms with E-state index in [1.165, 1.54) is 0 Å². The van der Waals surface area contributed by atoms with Crippen molar-refractivity contribution in [2.45, 2.75) is 6.04 Å². The third kappa shape index (κ3) is 6.11. The fourth-order valence-corrected chi connectivity index (χ4v) is 3.88. The molecule has 7 heteroatoms. The summed E-state index contributed by atoms with van der Waals surface area (Å²) in [6, 6.07) is 23.7. The maximum Gasteiger partial charge on any atom is 0.251 e. The third-order valence-electron chi connectivity index (χ3n) is 5.51. The predicted octanol–water partition coefficient (Wildman–Crippen LogP) is 4.81. The van der Waals surface area contributed by atoms with Gasteiger partial charge < -0.3 is 14.8 Å². The summed E-state index contributed by atoms with van der Waals surface area (Å²) in [7, 11) is 0. The van der Waals surface area contributed by atoms with Crippen molar-refractivity contribution in [2.75, 3.05) is 32.8 Å². The first-order valence-corrected chi connectivity index (χ1v) is 11.1. The smallest absolute Gasteiger partial charge is 0.251 e. The van der Waals surface area contributed by atoms with Gasteiger partial charge in [-0.3, -0.25) is 9.69 Å². The highest BCUT2D eigenvalue weighted by Gasteiger charge is 2.23. The number of morpholine rings is 1. The van der Waals surface area contributed by atoms with Gasteiger partial charge in [0.1, 0.15) is 11.5 Å². The Balaban J connectivity index is 1.44. The van der Waals surface area contributed by atoms with Crippen molar-refractivity contribution >= 4 is 17.5 Å². The monoisotopic (exact) mass is 461 g/mol. The van der Waals surface area contributed by atoms with Crippen LogP contribution in [0.3, 0.4) is 0 Å². The molecular weight excluding hydrogens is 438 g/mol. The number of ether oxygens (including phenoxy) is 2. The van der Waals surface area contributed by atoms with E-state index >= 15 is 0 Å². The van der Waals surface area contributed by atoms with Gasteiger partial charge >= 0.3 is 0 Å². The molecule has 0 spiro atoms. The number of benzene rings is 3. The fourth-order valence-electron chi connectivity index (χ4n) is 3.76. The van der Waals surface area contributed by atoms with E-state index in [0.29, 0.717) is 47.4 Å². The molecule has 168 valence electrons.